The van der Waals surface area contributed by atoms with Crippen molar-refractivity contribution < 1.29 is 20.1 Å². The topological polar surface area (TPSA) is 69.9 Å². The summed E-state index contributed by atoms with van der Waals surface area (Å²) in [7, 11) is 0. The van der Waals surface area contributed by atoms with Crippen LogP contribution in [0.1, 0.15) is 27.8 Å². The number of aliphatic hydroxyl groups is 2. The number of rotatable bonds is 6. The fourth-order valence-corrected chi connectivity index (χ4v) is 4.89. The second-order valence-electron chi connectivity index (χ2n) is 7.98. The van der Waals surface area contributed by atoms with Crippen molar-refractivity contribution in [1.82, 2.24) is 0 Å². The molecule has 4 aromatic rings. The first-order chi connectivity index (χ1) is 15.7. The van der Waals surface area contributed by atoms with Crippen molar-refractivity contribution in [2.24, 2.45) is 0 Å². The molecule has 4 heteroatoms. The Kier molecular flexibility index (Phi) is 5.17. The minimum atomic E-state index is -0.580. The zero-order valence-corrected chi connectivity index (χ0v) is 17.5. The maximum atomic E-state index is 9.97. The van der Waals surface area contributed by atoms with Gasteiger partial charge in [0, 0.05) is 0 Å². The number of benzene rings is 4. The van der Waals surface area contributed by atoms with Crippen molar-refractivity contribution >= 4 is 0 Å². The molecule has 0 saturated carbocycles. The Morgan fingerprint density at radius 2 is 1.34 bits per heavy atom. The van der Waals surface area contributed by atoms with Crippen molar-refractivity contribution in [2.75, 3.05) is 13.2 Å². The molecule has 4 nitrogen and oxygen atoms in total. The van der Waals surface area contributed by atoms with Crippen molar-refractivity contribution in [3.05, 3.63) is 119 Å². The summed E-state index contributed by atoms with van der Waals surface area (Å²) >= 11 is 0. The lowest BCUT2D eigenvalue weighted by Crippen LogP contribution is -2.28. The molecule has 0 saturated heterocycles. The van der Waals surface area contributed by atoms with Crippen LogP contribution < -0.4 is 4.74 Å². The zero-order chi connectivity index (χ0) is 22.1. The van der Waals surface area contributed by atoms with Gasteiger partial charge in [-0.1, -0.05) is 60.7 Å². The normalized spacial score (nSPS) is 16.4. The van der Waals surface area contributed by atoms with Crippen molar-refractivity contribution in [3.8, 4) is 22.6 Å². The standard InChI is InChI=1S/C28H24O4/c29-15-16-32-23-12-8-21(9-13-23)28(20-6-10-22(31)11-7-20)26-4-2-1-3-24(26)25-17-19(18-30)5-14-27(25)28/h1-14,17,29-31H,15-16,18H2. The Morgan fingerprint density at radius 3 is 2.03 bits per heavy atom. The number of hydrogen-bond acceptors (Lipinski definition) is 4. The van der Waals surface area contributed by atoms with Gasteiger partial charge in [0.15, 0.2) is 0 Å². The van der Waals surface area contributed by atoms with Crippen LogP contribution in [0.2, 0.25) is 0 Å². The van der Waals surface area contributed by atoms with E-state index in [2.05, 4.69) is 36.4 Å². The lowest BCUT2D eigenvalue weighted by molar-refractivity contribution is 0.201. The molecule has 0 aromatic heterocycles. The van der Waals surface area contributed by atoms with Crippen LogP contribution in [0, 0.1) is 0 Å². The fraction of sp³-hybridized carbons (Fsp3) is 0.143. The van der Waals surface area contributed by atoms with E-state index >= 15 is 0 Å². The van der Waals surface area contributed by atoms with Crippen LogP contribution in [0.15, 0.2) is 91.0 Å². The Balaban J connectivity index is 1.81. The molecule has 32 heavy (non-hydrogen) atoms. The van der Waals surface area contributed by atoms with E-state index < -0.39 is 5.41 Å². The lowest BCUT2D eigenvalue weighted by atomic mass is 9.67. The molecule has 0 aliphatic heterocycles. The van der Waals surface area contributed by atoms with Gasteiger partial charge in [-0.15, -0.1) is 0 Å². The molecular formula is C28H24O4. The minimum absolute atomic E-state index is 0.0153. The number of ether oxygens (including phenoxy) is 1. The Labute approximate surface area is 187 Å². The van der Waals surface area contributed by atoms with Crippen LogP contribution in [0.25, 0.3) is 11.1 Å². The van der Waals surface area contributed by atoms with Crippen molar-refractivity contribution in [3.63, 3.8) is 0 Å². The summed E-state index contributed by atoms with van der Waals surface area (Å²) in [4.78, 5) is 0. The van der Waals surface area contributed by atoms with Crippen LogP contribution in [-0.2, 0) is 12.0 Å². The molecule has 5 rings (SSSR count). The van der Waals surface area contributed by atoms with E-state index in [0.29, 0.717) is 5.75 Å². The number of hydrogen-bond donors (Lipinski definition) is 3. The predicted molar refractivity (Wildman–Crippen MR) is 124 cm³/mol. The number of fused-ring (bicyclic) bond motifs is 3. The minimum Gasteiger partial charge on any atom is -0.508 e. The Bertz CT molecular complexity index is 1250. The quantitative estimate of drug-likeness (QED) is 0.372. The van der Waals surface area contributed by atoms with Crippen molar-refractivity contribution in [1.29, 1.82) is 0 Å². The summed E-state index contributed by atoms with van der Waals surface area (Å²) in [5, 5.41) is 28.8. The molecule has 1 aliphatic rings. The zero-order valence-electron chi connectivity index (χ0n) is 17.5. The molecule has 1 aliphatic carbocycles. The van der Waals surface area contributed by atoms with E-state index in [1.807, 2.05) is 42.5 Å². The third kappa shape index (κ3) is 3.08. The molecular weight excluding hydrogens is 400 g/mol. The molecule has 0 heterocycles. The molecule has 0 radical (unpaired) electrons. The number of phenolic OH excluding ortho intramolecular Hbond substituents is 1. The second kappa shape index (κ2) is 8.15. The van der Waals surface area contributed by atoms with Gasteiger partial charge in [-0.05, 0) is 69.3 Å². The largest absolute Gasteiger partial charge is 0.508 e. The van der Waals surface area contributed by atoms with Crippen LogP contribution in [-0.4, -0.2) is 28.5 Å². The van der Waals surface area contributed by atoms with Gasteiger partial charge >= 0.3 is 0 Å². The third-order valence-corrected chi connectivity index (χ3v) is 6.24. The SMILES string of the molecule is OCCOc1ccc(C2(c3ccc(O)cc3)c3ccccc3-c3cc(CO)ccc32)cc1. The maximum Gasteiger partial charge on any atom is 0.119 e. The van der Waals surface area contributed by atoms with E-state index in [1.165, 1.54) is 0 Å². The highest BCUT2D eigenvalue weighted by atomic mass is 16.5. The molecule has 3 N–H and O–H groups in total. The third-order valence-electron chi connectivity index (χ3n) is 6.24. The van der Waals surface area contributed by atoms with E-state index in [0.717, 1.165) is 38.9 Å². The van der Waals surface area contributed by atoms with Gasteiger partial charge in [0.25, 0.3) is 0 Å². The maximum absolute atomic E-state index is 9.97. The smallest absolute Gasteiger partial charge is 0.119 e. The average Bonchev–Trinajstić information content (AvgIpc) is 3.14. The summed E-state index contributed by atoms with van der Waals surface area (Å²) in [6.07, 6.45) is 0. The Morgan fingerprint density at radius 1 is 0.688 bits per heavy atom. The predicted octanol–water partition coefficient (Wildman–Crippen LogP) is 4.62. The summed E-state index contributed by atoms with van der Waals surface area (Å²) in [6, 6.07) is 29.8. The molecule has 0 spiro atoms. The first-order valence-electron chi connectivity index (χ1n) is 10.7. The second-order valence-corrected chi connectivity index (χ2v) is 7.98. The summed E-state index contributed by atoms with van der Waals surface area (Å²) in [5.74, 6) is 0.921. The highest BCUT2D eigenvalue weighted by molar-refractivity contribution is 5.86. The van der Waals surface area contributed by atoms with Crippen molar-refractivity contribution in [2.45, 2.75) is 12.0 Å². The Hall–Kier alpha value is -3.60. The fourth-order valence-electron chi connectivity index (χ4n) is 4.89. The van der Waals surface area contributed by atoms with Gasteiger partial charge < -0.3 is 20.1 Å². The first-order valence-corrected chi connectivity index (χ1v) is 10.7. The summed E-state index contributed by atoms with van der Waals surface area (Å²) < 4.78 is 5.59. The van der Waals surface area contributed by atoms with Crippen LogP contribution >= 0.6 is 0 Å². The highest BCUT2D eigenvalue weighted by Crippen LogP contribution is 2.56. The lowest BCUT2D eigenvalue weighted by Gasteiger charge is -2.34. The van der Waals surface area contributed by atoms with Crippen LogP contribution in [0.4, 0.5) is 0 Å². The van der Waals surface area contributed by atoms with Crippen LogP contribution in [0.3, 0.4) is 0 Å². The summed E-state index contributed by atoms with van der Waals surface area (Å²) in [5.41, 5.74) is 6.92. The molecule has 1 unspecified atom stereocenters. The summed E-state index contributed by atoms with van der Waals surface area (Å²) in [6.45, 7) is 0.198. The number of aliphatic hydroxyl groups excluding tert-OH is 2. The van der Waals surface area contributed by atoms with E-state index in [1.54, 1.807) is 12.1 Å². The molecule has 0 fully saturated rings. The highest BCUT2D eigenvalue weighted by Gasteiger charge is 2.46. The van der Waals surface area contributed by atoms with E-state index in [4.69, 9.17) is 9.84 Å². The first kappa shape index (κ1) is 20.3. The monoisotopic (exact) mass is 424 g/mol. The number of aromatic hydroxyl groups is 1. The molecule has 0 amide bonds. The molecule has 1 atom stereocenters. The van der Waals surface area contributed by atoms with Gasteiger partial charge in [-0.2, -0.15) is 0 Å². The van der Waals surface area contributed by atoms with Gasteiger partial charge in [-0.25, -0.2) is 0 Å². The van der Waals surface area contributed by atoms with Gasteiger partial charge in [0.05, 0.1) is 18.6 Å². The average molecular weight is 424 g/mol. The number of phenols is 1. The molecule has 4 aromatic carbocycles. The molecule has 160 valence electrons. The van der Waals surface area contributed by atoms with Gasteiger partial charge in [0.2, 0.25) is 0 Å². The molecule has 0 bridgehead atoms. The van der Waals surface area contributed by atoms with E-state index in [-0.39, 0.29) is 25.6 Å². The van der Waals surface area contributed by atoms with E-state index in [9.17, 15) is 10.2 Å². The van der Waals surface area contributed by atoms with Gasteiger partial charge in [-0.3, -0.25) is 0 Å². The van der Waals surface area contributed by atoms with Gasteiger partial charge in [0.1, 0.15) is 18.1 Å². The van der Waals surface area contributed by atoms with Crippen LogP contribution in [0.5, 0.6) is 11.5 Å².